The second kappa shape index (κ2) is 8.90. The van der Waals surface area contributed by atoms with Gasteiger partial charge >= 0.3 is 0 Å². The summed E-state index contributed by atoms with van der Waals surface area (Å²) in [5, 5.41) is 6.99. The van der Waals surface area contributed by atoms with E-state index >= 15 is 0 Å². The van der Waals surface area contributed by atoms with Crippen LogP contribution in [0, 0.1) is 0 Å². The first-order valence-electron chi connectivity index (χ1n) is 5.72. The standard InChI is InChI=1S/C12H19N3OS/c1-16-9-3-7-14-12(17)15-8-5-11-4-2-6-13-10-11/h2,4,6,10H,3,5,7-9H2,1H3,(H2,14,15,17). The lowest BCUT2D eigenvalue weighted by molar-refractivity contribution is 0.195. The van der Waals surface area contributed by atoms with E-state index in [1.54, 1.807) is 13.3 Å². The normalized spacial score (nSPS) is 9.94. The first-order valence-corrected chi connectivity index (χ1v) is 6.13. The van der Waals surface area contributed by atoms with Gasteiger partial charge in [0.15, 0.2) is 5.11 Å². The summed E-state index contributed by atoms with van der Waals surface area (Å²) in [5.74, 6) is 0. The second-order valence-electron chi connectivity index (χ2n) is 3.64. The summed E-state index contributed by atoms with van der Waals surface area (Å²) < 4.78 is 4.95. The van der Waals surface area contributed by atoms with E-state index in [4.69, 9.17) is 17.0 Å². The predicted molar refractivity (Wildman–Crippen MR) is 73.0 cm³/mol. The van der Waals surface area contributed by atoms with Gasteiger partial charge < -0.3 is 15.4 Å². The molecule has 4 nitrogen and oxygen atoms in total. The maximum atomic E-state index is 5.14. The number of methoxy groups -OCH3 is 1. The van der Waals surface area contributed by atoms with Gasteiger partial charge in [-0.2, -0.15) is 0 Å². The van der Waals surface area contributed by atoms with Crippen LogP contribution in [-0.4, -0.2) is 36.9 Å². The van der Waals surface area contributed by atoms with Crippen molar-refractivity contribution in [1.82, 2.24) is 15.6 Å². The Bertz CT molecular complexity index is 319. The smallest absolute Gasteiger partial charge is 0.166 e. The number of hydrogen-bond acceptors (Lipinski definition) is 3. The lowest BCUT2D eigenvalue weighted by Crippen LogP contribution is -2.37. The molecule has 2 N–H and O–H groups in total. The summed E-state index contributed by atoms with van der Waals surface area (Å²) in [7, 11) is 1.70. The molecule has 0 aliphatic rings. The second-order valence-corrected chi connectivity index (χ2v) is 4.05. The number of nitrogens with one attached hydrogen (secondary N) is 2. The molecule has 0 aliphatic heterocycles. The van der Waals surface area contributed by atoms with Crippen LogP contribution >= 0.6 is 12.2 Å². The van der Waals surface area contributed by atoms with Crippen molar-refractivity contribution in [3.8, 4) is 0 Å². The first kappa shape index (κ1) is 13.9. The minimum absolute atomic E-state index is 0.699. The maximum absolute atomic E-state index is 5.14. The lowest BCUT2D eigenvalue weighted by Gasteiger charge is -2.09. The molecule has 94 valence electrons. The van der Waals surface area contributed by atoms with Gasteiger partial charge in [0.25, 0.3) is 0 Å². The van der Waals surface area contributed by atoms with Crippen molar-refractivity contribution in [3.63, 3.8) is 0 Å². The van der Waals surface area contributed by atoms with Gasteiger partial charge in [0.05, 0.1) is 0 Å². The van der Waals surface area contributed by atoms with Crippen molar-refractivity contribution in [2.75, 3.05) is 26.8 Å². The van der Waals surface area contributed by atoms with E-state index < -0.39 is 0 Å². The van der Waals surface area contributed by atoms with E-state index in [0.29, 0.717) is 5.11 Å². The number of thiocarbonyl (C=S) groups is 1. The van der Waals surface area contributed by atoms with E-state index in [1.807, 2.05) is 12.3 Å². The van der Waals surface area contributed by atoms with Crippen molar-refractivity contribution >= 4 is 17.3 Å². The molecule has 0 aromatic carbocycles. The molecular formula is C12H19N3OS. The minimum Gasteiger partial charge on any atom is -0.385 e. The van der Waals surface area contributed by atoms with Crippen LogP contribution in [0.25, 0.3) is 0 Å². The van der Waals surface area contributed by atoms with E-state index in [9.17, 15) is 0 Å². The molecule has 1 aromatic heterocycles. The Kier molecular flexibility index (Phi) is 7.25. The molecular weight excluding hydrogens is 234 g/mol. The minimum atomic E-state index is 0.699. The van der Waals surface area contributed by atoms with E-state index in [1.165, 1.54) is 5.56 Å². The Labute approximate surface area is 108 Å². The molecule has 0 aliphatic carbocycles. The average molecular weight is 253 g/mol. The van der Waals surface area contributed by atoms with Gasteiger partial charge in [0.1, 0.15) is 0 Å². The van der Waals surface area contributed by atoms with Gasteiger partial charge in [-0.15, -0.1) is 0 Å². The first-order chi connectivity index (χ1) is 8.33. The van der Waals surface area contributed by atoms with Crippen LogP contribution in [-0.2, 0) is 11.2 Å². The van der Waals surface area contributed by atoms with E-state index in [0.717, 1.165) is 32.5 Å². The van der Waals surface area contributed by atoms with Crippen molar-refractivity contribution in [1.29, 1.82) is 0 Å². The molecule has 1 heterocycles. The summed E-state index contributed by atoms with van der Waals surface area (Å²) in [6.45, 7) is 2.42. The molecule has 5 heteroatoms. The Hall–Kier alpha value is -1.20. The fraction of sp³-hybridized carbons (Fsp3) is 0.500. The van der Waals surface area contributed by atoms with Gasteiger partial charge in [-0.05, 0) is 36.7 Å². The highest BCUT2D eigenvalue weighted by Gasteiger charge is 1.95. The molecule has 0 spiro atoms. The summed E-state index contributed by atoms with van der Waals surface area (Å²) in [6.07, 6.45) is 5.53. The third-order valence-electron chi connectivity index (χ3n) is 2.23. The molecule has 0 saturated heterocycles. The van der Waals surface area contributed by atoms with Crippen LogP contribution in [0.5, 0.6) is 0 Å². The van der Waals surface area contributed by atoms with Crippen molar-refractivity contribution in [3.05, 3.63) is 30.1 Å². The Balaban J connectivity index is 2.04. The molecule has 0 radical (unpaired) electrons. The number of rotatable bonds is 7. The molecule has 17 heavy (non-hydrogen) atoms. The monoisotopic (exact) mass is 253 g/mol. The lowest BCUT2D eigenvalue weighted by atomic mass is 10.2. The van der Waals surface area contributed by atoms with Crippen LogP contribution in [0.3, 0.4) is 0 Å². The maximum Gasteiger partial charge on any atom is 0.166 e. The van der Waals surface area contributed by atoms with Gasteiger partial charge in [-0.1, -0.05) is 6.07 Å². The number of pyridine rings is 1. The zero-order valence-electron chi connectivity index (χ0n) is 10.1. The van der Waals surface area contributed by atoms with Gasteiger partial charge in [-0.3, -0.25) is 4.98 Å². The van der Waals surface area contributed by atoms with Crippen molar-refractivity contribution in [2.24, 2.45) is 0 Å². The fourth-order valence-electron chi connectivity index (χ4n) is 1.35. The summed E-state index contributed by atoms with van der Waals surface area (Å²) in [5.41, 5.74) is 1.21. The molecule has 0 fully saturated rings. The van der Waals surface area contributed by atoms with Crippen LogP contribution in [0.2, 0.25) is 0 Å². The Morgan fingerprint density at radius 2 is 2.24 bits per heavy atom. The molecule has 0 unspecified atom stereocenters. The number of nitrogens with zero attached hydrogens (tertiary/aromatic N) is 1. The van der Waals surface area contributed by atoms with Crippen LogP contribution in [0.1, 0.15) is 12.0 Å². The Morgan fingerprint density at radius 3 is 2.94 bits per heavy atom. The topological polar surface area (TPSA) is 46.2 Å². The molecule has 1 aromatic rings. The van der Waals surface area contributed by atoms with Gasteiger partial charge in [0, 0.05) is 39.2 Å². The highest BCUT2D eigenvalue weighted by atomic mass is 32.1. The number of aromatic nitrogens is 1. The molecule has 0 bridgehead atoms. The summed E-state index contributed by atoms with van der Waals surface area (Å²) >= 11 is 5.14. The Morgan fingerprint density at radius 1 is 1.41 bits per heavy atom. The highest BCUT2D eigenvalue weighted by Crippen LogP contribution is 1.95. The number of ether oxygens (including phenoxy) is 1. The summed E-state index contributed by atoms with van der Waals surface area (Å²) in [4.78, 5) is 4.06. The van der Waals surface area contributed by atoms with Crippen molar-refractivity contribution < 1.29 is 4.74 Å². The average Bonchev–Trinajstić information content (AvgIpc) is 2.36. The van der Waals surface area contributed by atoms with Crippen LogP contribution in [0.4, 0.5) is 0 Å². The summed E-state index contributed by atoms with van der Waals surface area (Å²) in [6, 6.07) is 4.00. The third kappa shape index (κ3) is 6.86. The fourth-order valence-corrected chi connectivity index (χ4v) is 1.55. The SMILES string of the molecule is COCCCNC(=S)NCCc1cccnc1. The van der Waals surface area contributed by atoms with Crippen LogP contribution in [0.15, 0.2) is 24.5 Å². The van der Waals surface area contributed by atoms with Gasteiger partial charge in [-0.25, -0.2) is 0 Å². The zero-order valence-corrected chi connectivity index (χ0v) is 10.9. The van der Waals surface area contributed by atoms with Crippen molar-refractivity contribution in [2.45, 2.75) is 12.8 Å². The van der Waals surface area contributed by atoms with Gasteiger partial charge in [0.2, 0.25) is 0 Å². The largest absolute Gasteiger partial charge is 0.385 e. The predicted octanol–water partition coefficient (Wildman–Crippen LogP) is 1.12. The van der Waals surface area contributed by atoms with E-state index in [-0.39, 0.29) is 0 Å². The third-order valence-corrected chi connectivity index (χ3v) is 2.52. The molecule has 0 atom stereocenters. The highest BCUT2D eigenvalue weighted by molar-refractivity contribution is 7.80. The number of hydrogen-bond donors (Lipinski definition) is 2. The van der Waals surface area contributed by atoms with Crippen LogP contribution < -0.4 is 10.6 Å². The molecule has 0 amide bonds. The molecule has 1 rings (SSSR count). The zero-order chi connectivity index (χ0) is 12.3. The molecule has 0 saturated carbocycles. The van der Waals surface area contributed by atoms with E-state index in [2.05, 4.69) is 21.7 Å². The quantitative estimate of drug-likeness (QED) is 0.563.